The molecule has 0 bridgehead atoms. The molecule has 168 valence electrons. The van der Waals surface area contributed by atoms with Gasteiger partial charge in [0.05, 0.1) is 25.1 Å². The quantitative estimate of drug-likeness (QED) is 0.794. The first kappa shape index (κ1) is 20.9. The summed E-state index contributed by atoms with van der Waals surface area (Å²) in [6.45, 7) is 3.45. The minimum Gasteiger partial charge on any atom is -0.497 e. The maximum absolute atomic E-state index is 13.5. The lowest BCUT2D eigenvalue weighted by atomic mass is 9.76. The lowest BCUT2D eigenvalue weighted by molar-refractivity contribution is -0.148. The molecule has 5 rings (SSSR count). The normalized spacial score (nSPS) is 25.3. The average molecular weight is 434 g/mol. The topological polar surface area (TPSA) is 61.9 Å². The molecule has 3 aliphatic rings. The molecule has 2 fully saturated rings. The predicted octanol–water partition coefficient (Wildman–Crippen LogP) is 4.08. The fourth-order valence-electron chi connectivity index (χ4n) is 5.76. The second-order valence-corrected chi connectivity index (χ2v) is 9.19. The summed E-state index contributed by atoms with van der Waals surface area (Å²) >= 11 is 0. The van der Waals surface area contributed by atoms with Crippen molar-refractivity contribution in [2.75, 3.05) is 20.2 Å². The van der Waals surface area contributed by atoms with Crippen LogP contribution in [0.2, 0.25) is 0 Å². The van der Waals surface area contributed by atoms with Crippen LogP contribution in [0.4, 0.5) is 4.79 Å². The van der Waals surface area contributed by atoms with E-state index in [1.165, 1.54) is 11.1 Å². The van der Waals surface area contributed by atoms with Crippen molar-refractivity contribution in [1.82, 2.24) is 15.1 Å². The number of amides is 3. The Balaban J connectivity index is 1.38. The summed E-state index contributed by atoms with van der Waals surface area (Å²) in [4.78, 5) is 30.8. The Labute approximate surface area is 189 Å². The first-order chi connectivity index (χ1) is 15.6. The maximum atomic E-state index is 13.5. The van der Waals surface area contributed by atoms with Crippen molar-refractivity contribution in [3.63, 3.8) is 0 Å². The predicted molar refractivity (Wildman–Crippen MR) is 122 cm³/mol. The monoisotopic (exact) mass is 433 g/mol. The summed E-state index contributed by atoms with van der Waals surface area (Å²) in [6.07, 6.45) is 3.38. The summed E-state index contributed by atoms with van der Waals surface area (Å²) in [5.41, 5.74) is 3.53. The minimum absolute atomic E-state index is 0.0263. The summed E-state index contributed by atoms with van der Waals surface area (Å²) in [6, 6.07) is 16.0. The maximum Gasteiger partial charge on any atom is 0.318 e. The third-order valence-corrected chi connectivity index (χ3v) is 7.45. The van der Waals surface area contributed by atoms with Crippen molar-refractivity contribution in [3.05, 3.63) is 65.2 Å². The largest absolute Gasteiger partial charge is 0.497 e. The molecular weight excluding hydrogens is 402 g/mol. The zero-order valence-corrected chi connectivity index (χ0v) is 18.8. The number of rotatable bonds is 3. The third kappa shape index (κ3) is 3.61. The smallest absolute Gasteiger partial charge is 0.318 e. The molecule has 2 aromatic carbocycles. The van der Waals surface area contributed by atoms with Gasteiger partial charge in [-0.15, -0.1) is 0 Å². The van der Waals surface area contributed by atoms with Crippen LogP contribution in [0.3, 0.4) is 0 Å². The number of nitrogens with zero attached hydrogens (tertiary/aromatic N) is 2. The molecule has 6 heteroatoms. The van der Waals surface area contributed by atoms with Gasteiger partial charge >= 0.3 is 6.03 Å². The van der Waals surface area contributed by atoms with Crippen molar-refractivity contribution in [2.24, 2.45) is 5.92 Å². The van der Waals surface area contributed by atoms with Crippen LogP contribution in [-0.4, -0.2) is 48.0 Å². The van der Waals surface area contributed by atoms with Crippen molar-refractivity contribution >= 4 is 11.9 Å². The van der Waals surface area contributed by atoms with Crippen LogP contribution in [0.1, 0.15) is 55.0 Å². The van der Waals surface area contributed by atoms with Gasteiger partial charge in [0.25, 0.3) is 0 Å². The number of methoxy groups -OCH3 is 1. The van der Waals surface area contributed by atoms with E-state index in [0.717, 1.165) is 43.5 Å². The molecule has 3 heterocycles. The van der Waals surface area contributed by atoms with E-state index in [1.54, 1.807) is 7.11 Å². The van der Waals surface area contributed by atoms with Gasteiger partial charge in [0.15, 0.2) is 0 Å². The summed E-state index contributed by atoms with van der Waals surface area (Å²) < 4.78 is 5.40. The fraction of sp³-hybridized carbons (Fsp3) is 0.462. The number of nitrogens with one attached hydrogen (secondary N) is 1. The highest BCUT2D eigenvalue weighted by Gasteiger charge is 2.48. The summed E-state index contributed by atoms with van der Waals surface area (Å²) in [5, 5.41) is 3.17. The van der Waals surface area contributed by atoms with Gasteiger partial charge in [-0.25, -0.2) is 4.79 Å². The van der Waals surface area contributed by atoms with E-state index in [0.29, 0.717) is 6.54 Å². The van der Waals surface area contributed by atoms with Crippen molar-refractivity contribution in [3.8, 4) is 5.75 Å². The lowest BCUT2D eigenvalue weighted by Crippen LogP contribution is -2.61. The Morgan fingerprint density at radius 3 is 2.75 bits per heavy atom. The molecule has 2 saturated heterocycles. The zero-order chi connectivity index (χ0) is 22.2. The molecular formula is C26H31N3O3. The number of piperidine rings is 2. The molecule has 0 aliphatic carbocycles. The number of fused-ring (bicyclic) bond motifs is 4. The molecule has 0 unspecified atom stereocenters. The molecule has 0 radical (unpaired) electrons. The molecule has 0 saturated carbocycles. The molecule has 4 atom stereocenters. The van der Waals surface area contributed by atoms with Crippen molar-refractivity contribution < 1.29 is 14.3 Å². The summed E-state index contributed by atoms with van der Waals surface area (Å²) in [7, 11) is 1.68. The molecule has 0 spiro atoms. The van der Waals surface area contributed by atoms with E-state index >= 15 is 0 Å². The fourth-order valence-corrected chi connectivity index (χ4v) is 5.76. The first-order valence-corrected chi connectivity index (χ1v) is 11.7. The Kier molecular flexibility index (Phi) is 5.53. The second kappa shape index (κ2) is 8.49. The standard InChI is InChI=1S/C26H31N3O3/c1-17(18-7-4-3-5-8-18)27-26(31)29-13-6-9-22-24(29)16-23-21-11-10-20(32-2)15-19(21)12-14-28(23)25(22)30/h3-5,7-8,10-11,15,17,22-24H,6,9,12-14,16H2,1-2H3,(H,27,31)/t17-,22+,23-,24+/m1/s1. The second-order valence-electron chi connectivity index (χ2n) is 9.19. The van der Waals surface area contributed by atoms with E-state index in [4.69, 9.17) is 4.74 Å². The van der Waals surface area contributed by atoms with Gasteiger partial charge in [0.2, 0.25) is 5.91 Å². The van der Waals surface area contributed by atoms with Gasteiger partial charge in [-0.1, -0.05) is 36.4 Å². The average Bonchev–Trinajstić information content (AvgIpc) is 2.83. The van der Waals surface area contributed by atoms with Crippen LogP contribution in [0.25, 0.3) is 0 Å². The number of hydrogen-bond donors (Lipinski definition) is 1. The van der Waals surface area contributed by atoms with Gasteiger partial charge < -0.3 is 19.9 Å². The molecule has 6 nitrogen and oxygen atoms in total. The molecule has 32 heavy (non-hydrogen) atoms. The Hall–Kier alpha value is -3.02. The number of likely N-dealkylation sites (tertiary alicyclic amines) is 1. The van der Waals surface area contributed by atoms with E-state index in [-0.39, 0.29) is 36.0 Å². The third-order valence-electron chi connectivity index (χ3n) is 7.45. The Morgan fingerprint density at radius 2 is 1.97 bits per heavy atom. The van der Waals surface area contributed by atoms with Gasteiger partial charge in [-0.05, 0) is 61.4 Å². The minimum atomic E-state index is -0.0995. The number of carbonyl (C=O) groups excluding carboxylic acids is 2. The number of urea groups is 1. The van der Waals surface area contributed by atoms with E-state index in [1.807, 2.05) is 48.2 Å². The number of hydrogen-bond acceptors (Lipinski definition) is 3. The molecule has 1 N–H and O–H groups in total. The van der Waals surface area contributed by atoms with Crippen LogP contribution in [0, 0.1) is 5.92 Å². The molecule has 2 aromatic rings. The van der Waals surface area contributed by atoms with E-state index in [2.05, 4.69) is 22.3 Å². The SMILES string of the molecule is COc1ccc2c(c1)CCN1C(=O)[C@H]3CCCN(C(=O)N[C@H](C)c4ccccc4)[C@H]3C[C@H]21. The molecule has 3 amide bonds. The van der Waals surface area contributed by atoms with Crippen molar-refractivity contribution in [2.45, 2.75) is 50.7 Å². The van der Waals surface area contributed by atoms with Gasteiger partial charge in [0, 0.05) is 19.1 Å². The van der Waals surface area contributed by atoms with Crippen LogP contribution in [0.15, 0.2) is 48.5 Å². The van der Waals surface area contributed by atoms with Crippen LogP contribution in [0.5, 0.6) is 5.75 Å². The van der Waals surface area contributed by atoms with Crippen molar-refractivity contribution in [1.29, 1.82) is 0 Å². The van der Waals surface area contributed by atoms with E-state index < -0.39 is 0 Å². The molecule has 3 aliphatic heterocycles. The van der Waals surface area contributed by atoms with Gasteiger partial charge in [0.1, 0.15) is 5.75 Å². The highest BCUT2D eigenvalue weighted by Crippen LogP contribution is 2.44. The number of carbonyl (C=O) groups is 2. The van der Waals surface area contributed by atoms with E-state index in [9.17, 15) is 9.59 Å². The van der Waals surface area contributed by atoms with Gasteiger partial charge in [-0.3, -0.25) is 4.79 Å². The van der Waals surface area contributed by atoms with Crippen LogP contribution >= 0.6 is 0 Å². The Morgan fingerprint density at radius 1 is 1.16 bits per heavy atom. The molecule has 0 aromatic heterocycles. The van der Waals surface area contributed by atoms with Gasteiger partial charge in [-0.2, -0.15) is 0 Å². The number of ether oxygens (including phenoxy) is 1. The highest BCUT2D eigenvalue weighted by atomic mass is 16.5. The lowest BCUT2D eigenvalue weighted by Gasteiger charge is -2.51. The number of benzene rings is 2. The first-order valence-electron chi connectivity index (χ1n) is 11.7. The van der Waals surface area contributed by atoms with Crippen LogP contribution < -0.4 is 10.1 Å². The van der Waals surface area contributed by atoms with Crippen LogP contribution in [-0.2, 0) is 11.2 Å². The Bertz CT molecular complexity index is 1010. The highest BCUT2D eigenvalue weighted by molar-refractivity contribution is 5.84. The zero-order valence-electron chi connectivity index (χ0n) is 18.8. The summed E-state index contributed by atoms with van der Waals surface area (Å²) in [5.74, 6) is 0.963.